The summed E-state index contributed by atoms with van der Waals surface area (Å²) in [6, 6.07) is 8.77. The number of hydrogen-bond donors (Lipinski definition) is 3. The summed E-state index contributed by atoms with van der Waals surface area (Å²) in [5.74, 6) is 0.768. The number of anilines is 1. The van der Waals surface area contributed by atoms with Crippen LogP contribution in [-0.2, 0) is 0 Å². The van der Waals surface area contributed by atoms with Gasteiger partial charge in [-0.15, -0.1) is 0 Å². The summed E-state index contributed by atoms with van der Waals surface area (Å²) in [6.45, 7) is 6.20. The Morgan fingerprint density at radius 1 is 1.09 bits per heavy atom. The SMILES string of the molecule is CCN=CNc1cc(C)c(Oc2cccc(SC(F)(F)C(F)(F)F)c2)cc1C.CN=C(N)N. The molecule has 0 atom stereocenters. The minimum atomic E-state index is -5.63. The molecule has 0 saturated heterocycles. The van der Waals surface area contributed by atoms with Crippen molar-refractivity contribution in [3.8, 4) is 11.5 Å². The Bertz CT molecular complexity index is 976. The van der Waals surface area contributed by atoms with Crippen molar-refractivity contribution >= 4 is 29.7 Å². The van der Waals surface area contributed by atoms with Crippen molar-refractivity contribution in [2.45, 2.75) is 37.1 Å². The zero-order valence-corrected chi connectivity index (χ0v) is 19.3. The van der Waals surface area contributed by atoms with Crippen LogP contribution in [0.15, 0.2) is 51.3 Å². The van der Waals surface area contributed by atoms with Crippen LogP contribution in [0.1, 0.15) is 18.1 Å². The van der Waals surface area contributed by atoms with Gasteiger partial charge < -0.3 is 21.5 Å². The molecule has 182 valence electrons. The fourth-order valence-electron chi connectivity index (χ4n) is 2.20. The predicted octanol–water partition coefficient (Wildman–Crippen LogP) is 5.69. The lowest BCUT2D eigenvalue weighted by Crippen LogP contribution is -2.32. The van der Waals surface area contributed by atoms with Crippen molar-refractivity contribution in [3.63, 3.8) is 0 Å². The Morgan fingerprint density at radius 2 is 1.73 bits per heavy atom. The maximum Gasteiger partial charge on any atom is 0.464 e. The van der Waals surface area contributed by atoms with Gasteiger partial charge in [-0.25, -0.2) is 0 Å². The zero-order valence-electron chi connectivity index (χ0n) is 18.5. The molecule has 5 N–H and O–H groups in total. The molecular weight excluding hydrogens is 465 g/mol. The van der Waals surface area contributed by atoms with Gasteiger partial charge in [-0.1, -0.05) is 6.07 Å². The van der Waals surface area contributed by atoms with Crippen LogP contribution in [0.2, 0.25) is 0 Å². The number of thioether (sulfide) groups is 1. The average Bonchev–Trinajstić information content (AvgIpc) is 2.71. The van der Waals surface area contributed by atoms with Crippen molar-refractivity contribution in [3.05, 3.63) is 47.5 Å². The summed E-state index contributed by atoms with van der Waals surface area (Å²) in [5.41, 5.74) is 12.1. The van der Waals surface area contributed by atoms with Crippen molar-refractivity contribution in [2.75, 3.05) is 18.9 Å². The standard InChI is InChI=1S/C19H19F5N2OS.C2H7N3/c1-4-25-11-26-16-8-13(3)17(9-12(16)2)27-14-6-5-7-15(10-14)28-19(23,24)18(20,21)22;1-5-2(3)4/h5-11H,4H2,1-3H3,(H,25,26);1H3,(H4,3,4,5). The third kappa shape index (κ3) is 9.16. The van der Waals surface area contributed by atoms with E-state index >= 15 is 0 Å². The van der Waals surface area contributed by atoms with Gasteiger partial charge in [0.15, 0.2) is 5.96 Å². The van der Waals surface area contributed by atoms with Gasteiger partial charge >= 0.3 is 11.4 Å². The molecule has 2 rings (SSSR count). The van der Waals surface area contributed by atoms with Crippen LogP contribution >= 0.6 is 11.8 Å². The van der Waals surface area contributed by atoms with Gasteiger partial charge in [-0.2, -0.15) is 22.0 Å². The van der Waals surface area contributed by atoms with Gasteiger partial charge in [-0.3, -0.25) is 9.98 Å². The summed E-state index contributed by atoms with van der Waals surface area (Å²) in [5, 5.41) is -1.83. The predicted molar refractivity (Wildman–Crippen MR) is 124 cm³/mol. The lowest BCUT2D eigenvalue weighted by atomic mass is 10.1. The number of nitrogens with zero attached hydrogens (tertiary/aromatic N) is 2. The molecule has 0 aromatic heterocycles. The van der Waals surface area contributed by atoms with Gasteiger partial charge in [0.2, 0.25) is 0 Å². The number of hydrogen-bond acceptors (Lipinski definition) is 4. The summed E-state index contributed by atoms with van der Waals surface area (Å²) < 4.78 is 69.4. The average molecular weight is 492 g/mol. The molecule has 0 aliphatic heterocycles. The second-order valence-corrected chi connectivity index (χ2v) is 7.74. The van der Waals surface area contributed by atoms with Crippen molar-refractivity contribution < 1.29 is 26.7 Å². The third-order valence-corrected chi connectivity index (χ3v) is 4.86. The largest absolute Gasteiger partial charge is 0.464 e. The van der Waals surface area contributed by atoms with Gasteiger partial charge in [0, 0.05) is 24.2 Å². The number of ether oxygens (including phenoxy) is 1. The molecule has 0 saturated carbocycles. The summed E-state index contributed by atoms with van der Waals surface area (Å²) in [7, 11) is 1.54. The Balaban J connectivity index is 0.000000981. The highest BCUT2D eigenvalue weighted by Crippen LogP contribution is 2.48. The highest BCUT2D eigenvalue weighted by Gasteiger charge is 2.58. The molecule has 0 spiro atoms. The van der Waals surface area contributed by atoms with Crippen LogP contribution in [0.25, 0.3) is 0 Å². The number of aliphatic imine (C=N–C) groups is 2. The van der Waals surface area contributed by atoms with Gasteiger partial charge in [0.1, 0.15) is 11.5 Å². The van der Waals surface area contributed by atoms with Gasteiger partial charge in [0.05, 0.1) is 6.34 Å². The number of aryl methyl sites for hydroxylation is 2. The first-order valence-electron chi connectivity index (χ1n) is 9.56. The fourth-order valence-corrected chi connectivity index (χ4v) is 2.93. The number of rotatable bonds is 7. The van der Waals surface area contributed by atoms with E-state index < -0.39 is 23.2 Å². The first kappa shape index (κ1) is 28.0. The second kappa shape index (κ2) is 12.3. The summed E-state index contributed by atoms with van der Waals surface area (Å²) in [4.78, 5) is 7.19. The highest BCUT2D eigenvalue weighted by atomic mass is 32.2. The Morgan fingerprint density at radius 3 is 2.27 bits per heavy atom. The Hall–Kier alpha value is -3.02. The van der Waals surface area contributed by atoms with Crippen LogP contribution in [0, 0.1) is 13.8 Å². The molecule has 33 heavy (non-hydrogen) atoms. The maximum atomic E-state index is 13.2. The van der Waals surface area contributed by atoms with Crippen LogP contribution in [0.3, 0.4) is 0 Å². The van der Waals surface area contributed by atoms with Crippen LogP contribution in [0.5, 0.6) is 11.5 Å². The van der Waals surface area contributed by atoms with Crippen LogP contribution in [-0.4, -0.2) is 37.3 Å². The molecule has 12 heteroatoms. The number of nitrogens with two attached hydrogens (primary N) is 2. The van der Waals surface area contributed by atoms with Crippen LogP contribution in [0.4, 0.5) is 27.6 Å². The number of benzene rings is 2. The molecule has 0 aliphatic rings. The third-order valence-electron chi connectivity index (χ3n) is 3.88. The monoisotopic (exact) mass is 491 g/mol. The molecule has 0 fully saturated rings. The number of halogens is 5. The van der Waals surface area contributed by atoms with Crippen LogP contribution < -0.4 is 21.5 Å². The minimum Gasteiger partial charge on any atom is -0.457 e. The van der Waals surface area contributed by atoms with E-state index in [-0.39, 0.29) is 16.6 Å². The lowest BCUT2D eigenvalue weighted by molar-refractivity contribution is -0.237. The molecule has 0 heterocycles. The van der Waals surface area contributed by atoms with E-state index in [1.54, 1.807) is 19.3 Å². The lowest BCUT2D eigenvalue weighted by Gasteiger charge is -2.19. The number of nitrogens with one attached hydrogen (secondary N) is 1. The number of alkyl halides is 5. The quantitative estimate of drug-likeness (QED) is 0.200. The first-order chi connectivity index (χ1) is 15.3. The normalized spacial score (nSPS) is 11.5. The van der Waals surface area contributed by atoms with E-state index in [0.29, 0.717) is 12.3 Å². The molecule has 0 amide bonds. The van der Waals surface area contributed by atoms with E-state index in [4.69, 9.17) is 16.2 Å². The van der Waals surface area contributed by atoms with E-state index in [1.807, 2.05) is 19.9 Å². The molecular formula is C21H26F5N5OS. The molecule has 0 radical (unpaired) electrons. The van der Waals surface area contributed by atoms with Crippen molar-refractivity contribution in [2.24, 2.45) is 21.5 Å². The molecule has 0 unspecified atom stereocenters. The molecule has 0 bridgehead atoms. The van der Waals surface area contributed by atoms with E-state index in [9.17, 15) is 22.0 Å². The first-order valence-corrected chi connectivity index (χ1v) is 10.4. The van der Waals surface area contributed by atoms with E-state index in [2.05, 4.69) is 15.3 Å². The van der Waals surface area contributed by atoms with Gasteiger partial charge in [-0.05, 0) is 74.0 Å². The van der Waals surface area contributed by atoms with Crippen molar-refractivity contribution in [1.29, 1.82) is 0 Å². The summed E-state index contributed by atoms with van der Waals surface area (Å²) >= 11 is -0.564. The minimum absolute atomic E-state index is 0.130. The zero-order chi connectivity index (χ0) is 25.2. The molecule has 2 aromatic carbocycles. The Labute approximate surface area is 193 Å². The molecule has 2 aromatic rings. The summed E-state index contributed by atoms with van der Waals surface area (Å²) in [6.07, 6.45) is -4.05. The van der Waals surface area contributed by atoms with E-state index in [1.165, 1.54) is 25.2 Å². The topological polar surface area (TPSA) is 98.0 Å². The smallest absolute Gasteiger partial charge is 0.457 e. The van der Waals surface area contributed by atoms with Crippen molar-refractivity contribution in [1.82, 2.24) is 0 Å². The molecule has 6 nitrogen and oxygen atoms in total. The molecule has 0 aliphatic carbocycles. The van der Waals surface area contributed by atoms with Gasteiger partial charge in [0.25, 0.3) is 0 Å². The Kier molecular flexibility index (Phi) is 10.4. The second-order valence-electron chi connectivity index (χ2n) is 6.55. The van der Waals surface area contributed by atoms with E-state index in [0.717, 1.165) is 22.9 Å². The fraction of sp³-hybridized carbons (Fsp3) is 0.333. The maximum absolute atomic E-state index is 13.2. The highest BCUT2D eigenvalue weighted by molar-refractivity contribution is 8.00. The number of guanidine groups is 1.